The second-order valence-corrected chi connectivity index (χ2v) is 7.71. The molecule has 2 atom stereocenters. The average molecular weight is 386 g/mol. The third kappa shape index (κ3) is 4.07. The Morgan fingerprint density at radius 2 is 1.37 bits per heavy atom. The van der Waals surface area contributed by atoms with Crippen molar-refractivity contribution in [2.45, 2.75) is 76.4 Å². The van der Waals surface area contributed by atoms with Crippen molar-refractivity contribution in [3.05, 3.63) is 0 Å². The van der Waals surface area contributed by atoms with Crippen molar-refractivity contribution in [2.24, 2.45) is 10.8 Å². The molecule has 1 aliphatic heterocycles. The van der Waals surface area contributed by atoms with Gasteiger partial charge >= 0.3 is 23.9 Å². The Labute approximate surface area is 156 Å². The Bertz CT molecular complexity index is 610. The van der Waals surface area contributed by atoms with Crippen LogP contribution in [0.2, 0.25) is 0 Å². The highest BCUT2D eigenvalue weighted by Crippen LogP contribution is 2.63. The number of aliphatic carboxylic acids is 3. The van der Waals surface area contributed by atoms with Crippen LogP contribution in [0.3, 0.4) is 0 Å². The summed E-state index contributed by atoms with van der Waals surface area (Å²) in [7, 11) is 0. The highest BCUT2D eigenvalue weighted by Gasteiger charge is 2.67. The lowest BCUT2D eigenvalue weighted by Crippen LogP contribution is -2.66. The highest BCUT2D eigenvalue weighted by molar-refractivity contribution is 5.72. The van der Waals surface area contributed by atoms with E-state index in [1.54, 1.807) is 0 Å². The standard InChI is InChI=1S/C18H26O9/c19-12(20)2-8-16(9-3-13(21)22)6-1-7-17(10-4-14(23)24)11-5-15(25)27-18(16,17)26/h26H,1-11H2,(H,19,20)(H,21,22)(H,23,24)/t17-,18-/m1/s1. The maximum absolute atomic E-state index is 12.0. The summed E-state index contributed by atoms with van der Waals surface area (Å²) in [5.41, 5.74) is -2.26. The van der Waals surface area contributed by atoms with Crippen LogP contribution in [0.4, 0.5) is 0 Å². The molecule has 0 radical (unpaired) electrons. The molecule has 1 saturated heterocycles. The monoisotopic (exact) mass is 386 g/mol. The number of aliphatic hydroxyl groups is 1. The van der Waals surface area contributed by atoms with E-state index in [9.17, 15) is 24.3 Å². The first-order valence-electron chi connectivity index (χ1n) is 9.15. The minimum atomic E-state index is -2.08. The van der Waals surface area contributed by atoms with Gasteiger partial charge in [-0.15, -0.1) is 0 Å². The zero-order chi connectivity index (χ0) is 20.3. The van der Waals surface area contributed by atoms with Crippen LogP contribution in [0.1, 0.15) is 70.6 Å². The van der Waals surface area contributed by atoms with E-state index in [0.29, 0.717) is 19.3 Å². The Kier molecular flexibility index (Phi) is 6.14. The van der Waals surface area contributed by atoms with Crippen molar-refractivity contribution in [3.8, 4) is 0 Å². The van der Waals surface area contributed by atoms with Crippen LogP contribution in [-0.2, 0) is 23.9 Å². The van der Waals surface area contributed by atoms with Crippen molar-refractivity contribution in [1.82, 2.24) is 0 Å². The first-order chi connectivity index (χ1) is 12.6. The van der Waals surface area contributed by atoms with Gasteiger partial charge in [-0.25, -0.2) is 0 Å². The predicted octanol–water partition coefficient (Wildman–Crippen LogP) is 1.76. The molecule has 2 rings (SSSR count). The van der Waals surface area contributed by atoms with Crippen molar-refractivity contribution in [3.63, 3.8) is 0 Å². The summed E-state index contributed by atoms with van der Waals surface area (Å²) in [6.07, 6.45) is 0.720. The van der Waals surface area contributed by atoms with E-state index in [2.05, 4.69) is 0 Å². The maximum atomic E-state index is 12.0. The van der Waals surface area contributed by atoms with E-state index in [0.717, 1.165) is 0 Å². The minimum Gasteiger partial charge on any atom is -0.481 e. The van der Waals surface area contributed by atoms with Gasteiger partial charge in [0.2, 0.25) is 5.79 Å². The van der Waals surface area contributed by atoms with E-state index in [1.807, 2.05) is 0 Å². The van der Waals surface area contributed by atoms with Crippen molar-refractivity contribution >= 4 is 23.9 Å². The van der Waals surface area contributed by atoms with Gasteiger partial charge < -0.3 is 25.2 Å². The molecule has 4 N–H and O–H groups in total. The Hall–Kier alpha value is -2.16. The van der Waals surface area contributed by atoms with E-state index in [1.165, 1.54) is 0 Å². The largest absolute Gasteiger partial charge is 0.481 e. The van der Waals surface area contributed by atoms with Gasteiger partial charge in [-0.05, 0) is 38.5 Å². The third-order valence-corrected chi connectivity index (χ3v) is 6.27. The number of carbonyl (C=O) groups excluding carboxylic acids is 1. The van der Waals surface area contributed by atoms with E-state index < -0.39 is 40.5 Å². The van der Waals surface area contributed by atoms with E-state index in [-0.39, 0.29) is 51.4 Å². The molecule has 0 unspecified atom stereocenters. The second-order valence-electron chi connectivity index (χ2n) is 7.71. The quantitative estimate of drug-likeness (QED) is 0.433. The normalized spacial score (nSPS) is 29.4. The van der Waals surface area contributed by atoms with Gasteiger partial charge in [-0.2, -0.15) is 0 Å². The molecule has 0 amide bonds. The molecular weight excluding hydrogens is 360 g/mol. The van der Waals surface area contributed by atoms with Crippen molar-refractivity contribution in [1.29, 1.82) is 0 Å². The highest BCUT2D eigenvalue weighted by atomic mass is 16.7. The van der Waals surface area contributed by atoms with Gasteiger partial charge in [-0.3, -0.25) is 19.2 Å². The molecule has 152 valence electrons. The van der Waals surface area contributed by atoms with E-state index in [4.69, 9.17) is 20.1 Å². The van der Waals surface area contributed by atoms with E-state index >= 15 is 0 Å². The zero-order valence-electron chi connectivity index (χ0n) is 15.1. The van der Waals surface area contributed by atoms with Gasteiger partial charge in [0.1, 0.15) is 0 Å². The number of fused-ring (bicyclic) bond motifs is 1. The van der Waals surface area contributed by atoms with Gasteiger partial charge in [0, 0.05) is 36.5 Å². The number of hydrogen-bond donors (Lipinski definition) is 4. The number of esters is 1. The molecular formula is C18H26O9. The molecule has 9 heteroatoms. The maximum Gasteiger partial charge on any atom is 0.308 e. The summed E-state index contributed by atoms with van der Waals surface area (Å²) in [4.78, 5) is 45.5. The molecule has 2 fully saturated rings. The van der Waals surface area contributed by atoms with Crippen LogP contribution in [0, 0.1) is 10.8 Å². The smallest absolute Gasteiger partial charge is 0.308 e. The van der Waals surface area contributed by atoms with Crippen LogP contribution in [0.25, 0.3) is 0 Å². The molecule has 27 heavy (non-hydrogen) atoms. The third-order valence-electron chi connectivity index (χ3n) is 6.27. The SMILES string of the molecule is O=C(O)CCC1(CCC(=O)O)CCC[C@@]2(CCC(=O)O)CCC(=O)O[C@]12O. The number of rotatable bonds is 9. The van der Waals surface area contributed by atoms with Crippen LogP contribution in [-0.4, -0.2) is 50.1 Å². The molecule has 2 aliphatic rings. The molecule has 0 aromatic rings. The van der Waals surface area contributed by atoms with Crippen molar-refractivity contribution < 1.29 is 44.3 Å². The number of carboxylic acid groups (broad SMARTS) is 3. The number of hydrogen-bond acceptors (Lipinski definition) is 6. The lowest BCUT2D eigenvalue weighted by molar-refractivity contribution is -0.352. The van der Waals surface area contributed by atoms with Crippen LogP contribution in [0.5, 0.6) is 0 Å². The lowest BCUT2D eigenvalue weighted by atomic mass is 9.51. The first kappa shape index (κ1) is 21.1. The van der Waals surface area contributed by atoms with Crippen LogP contribution < -0.4 is 0 Å². The minimum absolute atomic E-state index is 0.0376. The van der Waals surface area contributed by atoms with Crippen molar-refractivity contribution in [2.75, 3.05) is 0 Å². The van der Waals surface area contributed by atoms with Gasteiger partial charge in [0.05, 0.1) is 0 Å². The zero-order valence-corrected chi connectivity index (χ0v) is 15.1. The van der Waals surface area contributed by atoms with Gasteiger partial charge in [0.25, 0.3) is 0 Å². The fourth-order valence-corrected chi connectivity index (χ4v) is 4.91. The Morgan fingerprint density at radius 1 is 0.852 bits per heavy atom. The fourth-order valence-electron chi connectivity index (χ4n) is 4.91. The second kappa shape index (κ2) is 7.84. The molecule has 0 spiro atoms. The topological polar surface area (TPSA) is 158 Å². The molecule has 0 bridgehead atoms. The molecule has 1 saturated carbocycles. The fraction of sp³-hybridized carbons (Fsp3) is 0.778. The molecule has 0 aromatic carbocycles. The average Bonchev–Trinajstić information content (AvgIpc) is 2.57. The molecule has 1 aliphatic carbocycles. The molecule has 9 nitrogen and oxygen atoms in total. The predicted molar refractivity (Wildman–Crippen MR) is 89.6 cm³/mol. The first-order valence-corrected chi connectivity index (χ1v) is 9.15. The number of carbonyl (C=O) groups is 4. The van der Waals surface area contributed by atoms with Crippen LogP contribution >= 0.6 is 0 Å². The molecule has 0 aromatic heterocycles. The Balaban J connectivity index is 2.48. The van der Waals surface area contributed by atoms with Crippen LogP contribution in [0.15, 0.2) is 0 Å². The lowest BCUT2D eigenvalue weighted by Gasteiger charge is -2.61. The summed E-state index contributed by atoms with van der Waals surface area (Å²) >= 11 is 0. The summed E-state index contributed by atoms with van der Waals surface area (Å²) in [5, 5.41) is 39.0. The van der Waals surface area contributed by atoms with Gasteiger partial charge in [-0.1, -0.05) is 6.42 Å². The molecule has 1 heterocycles. The Morgan fingerprint density at radius 3 is 1.89 bits per heavy atom. The number of carboxylic acids is 3. The summed E-state index contributed by atoms with van der Waals surface area (Å²) in [6.45, 7) is 0. The van der Waals surface area contributed by atoms with Gasteiger partial charge in [0.15, 0.2) is 0 Å². The summed E-state index contributed by atoms with van der Waals surface area (Å²) in [5.74, 6) is -5.96. The summed E-state index contributed by atoms with van der Waals surface area (Å²) in [6, 6.07) is 0. The summed E-state index contributed by atoms with van der Waals surface area (Å²) < 4.78 is 5.43. The number of ether oxygens (including phenoxy) is 1.